The number of esters is 1. The van der Waals surface area contributed by atoms with Crippen LogP contribution in [0.4, 0.5) is 5.82 Å². The van der Waals surface area contributed by atoms with Gasteiger partial charge in [0.15, 0.2) is 11.5 Å². The number of ether oxygens (including phenoxy) is 1. The summed E-state index contributed by atoms with van der Waals surface area (Å²) in [7, 11) is 1.25. The number of carboxylic acid groups (broad SMARTS) is 1. The summed E-state index contributed by atoms with van der Waals surface area (Å²) in [5, 5.41) is 16.5. The van der Waals surface area contributed by atoms with Gasteiger partial charge in [0, 0.05) is 5.54 Å². The molecule has 104 valence electrons. The largest absolute Gasteiger partial charge is 0.480 e. The highest BCUT2D eigenvalue weighted by Gasteiger charge is 2.25. The molecule has 1 heterocycles. The van der Waals surface area contributed by atoms with Crippen molar-refractivity contribution in [2.75, 3.05) is 18.6 Å². The molecule has 19 heavy (non-hydrogen) atoms. The van der Waals surface area contributed by atoms with Crippen molar-refractivity contribution in [2.45, 2.75) is 26.3 Å². The summed E-state index contributed by atoms with van der Waals surface area (Å²) in [5.41, 5.74) is -0.352. The maximum atomic E-state index is 11.2. The molecule has 7 nitrogen and oxygen atoms in total. The van der Waals surface area contributed by atoms with Gasteiger partial charge in [-0.25, -0.2) is 4.79 Å². The van der Waals surface area contributed by atoms with Gasteiger partial charge in [-0.1, -0.05) is 0 Å². The Balaban J connectivity index is 3.04. The predicted octanol–water partition coefficient (Wildman–Crippen LogP) is 0.953. The van der Waals surface area contributed by atoms with Crippen molar-refractivity contribution < 1.29 is 19.4 Å². The van der Waals surface area contributed by atoms with E-state index in [2.05, 4.69) is 14.9 Å². The second kappa shape index (κ2) is 5.64. The predicted molar refractivity (Wildman–Crippen MR) is 68.1 cm³/mol. The van der Waals surface area contributed by atoms with Crippen LogP contribution in [0, 0.1) is 0 Å². The number of rotatable bonds is 4. The summed E-state index contributed by atoms with van der Waals surface area (Å²) in [5.74, 6) is -1.16. The lowest BCUT2D eigenvalue weighted by Gasteiger charge is -2.34. The molecule has 0 saturated heterocycles. The first-order valence-electron chi connectivity index (χ1n) is 5.67. The van der Waals surface area contributed by atoms with Gasteiger partial charge < -0.3 is 14.7 Å². The monoisotopic (exact) mass is 267 g/mol. The van der Waals surface area contributed by atoms with E-state index in [4.69, 9.17) is 5.11 Å². The van der Waals surface area contributed by atoms with Crippen molar-refractivity contribution in [1.82, 2.24) is 10.2 Å². The number of aromatic nitrogens is 2. The standard InChI is InChI=1S/C12H17N3O4/c1-12(2,3)15(7-10(16)17)9-6-5-8(13-14-9)11(18)19-4/h5-6H,7H2,1-4H3,(H,16,17). The molecule has 0 aromatic carbocycles. The van der Waals surface area contributed by atoms with Gasteiger partial charge in [-0.2, -0.15) is 0 Å². The van der Waals surface area contributed by atoms with Crippen LogP contribution in [0.25, 0.3) is 0 Å². The van der Waals surface area contributed by atoms with Gasteiger partial charge in [-0.3, -0.25) is 4.79 Å². The molecule has 0 aliphatic carbocycles. The van der Waals surface area contributed by atoms with Gasteiger partial charge in [-0.15, -0.1) is 10.2 Å². The van der Waals surface area contributed by atoms with Crippen LogP contribution in [-0.2, 0) is 9.53 Å². The topological polar surface area (TPSA) is 92.6 Å². The number of anilines is 1. The van der Waals surface area contributed by atoms with Crippen molar-refractivity contribution in [2.24, 2.45) is 0 Å². The lowest BCUT2D eigenvalue weighted by atomic mass is 10.1. The molecule has 1 N–H and O–H groups in total. The molecule has 0 saturated carbocycles. The first-order valence-corrected chi connectivity index (χ1v) is 5.67. The number of methoxy groups -OCH3 is 1. The van der Waals surface area contributed by atoms with Gasteiger partial charge in [0.25, 0.3) is 0 Å². The summed E-state index contributed by atoms with van der Waals surface area (Å²) in [4.78, 5) is 23.7. The molecule has 1 aromatic heterocycles. The molecule has 0 fully saturated rings. The SMILES string of the molecule is COC(=O)c1ccc(N(CC(=O)O)C(C)(C)C)nn1. The summed E-state index contributed by atoms with van der Waals surface area (Å²) >= 11 is 0. The van der Waals surface area contributed by atoms with E-state index in [1.807, 2.05) is 20.8 Å². The van der Waals surface area contributed by atoms with Crippen LogP contribution in [0.3, 0.4) is 0 Å². The first-order chi connectivity index (χ1) is 8.75. The molecular formula is C12H17N3O4. The van der Waals surface area contributed by atoms with Crippen molar-refractivity contribution in [3.63, 3.8) is 0 Å². The summed E-state index contributed by atoms with van der Waals surface area (Å²) in [6, 6.07) is 3.00. The van der Waals surface area contributed by atoms with Crippen LogP contribution < -0.4 is 4.90 Å². The average Bonchev–Trinajstić information content (AvgIpc) is 2.34. The van der Waals surface area contributed by atoms with Crippen molar-refractivity contribution in [3.8, 4) is 0 Å². The van der Waals surface area contributed by atoms with E-state index in [0.717, 1.165) is 0 Å². The molecule has 1 aromatic rings. The van der Waals surface area contributed by atoms with Crippen LogP contribution in [0.2, 0.25) is 0 Å². The Morgan fingerprint density at radius 3 is 2.32 bits per heavy atom. The maximum absolute atomic E-state index is 11.2. The average molecular weight is 267 g/mol. The molecular weight excluding hydrogens is 250 g/mol. The second-order valence-electron chi connectivity index (χ2n) is 4.92. The number of carbonyl (C=O) groups excluding carboxylic acids is 1. The molecule has 0 unspecified atom stereocenters. The highest BCUT2D eigenvalue weighted by molar-refractivity contribution is 5.87. The number of hydrogen-bond acceptors (Lipinski definition) is 6. The zero-order chi connectivity index (χ0) is 14.6. The smallest absolute Gasteiger partial charge is 0.358 e. The highest BCUT2D eigenvalue weighted by Crippen LogP contribution is 2.20. The van der Waals surface area contributed by atoms with Crippen molar-refractivity contribution in [1.29, 1.82) is 0 Å². The Labute approximate surface area is 111 Å². The molecule has 1 rings (SSSR count). The third kappa shape index (κ3) is 3.90. The minimum Gasteiger partial charge on any atom is -0.480 e. The summed E-state index contributed by atoms with van der Waals surface area (Å²) < 4.78 is 4.52. The number of carbonyl (C=O) groups is 2. The lowest BCUT2D eigenvalue weighted by molar-refractivity contribution is -0.135. The van der Waals surface area contributed by atoms with Gasteiger partial charge in [0.2, 0.25) is 0 Å². The fourth-order valence-corrected chi connectivity index (χ4v) is 1.48. The van der Waals surface area contributed by atoms with E-state index in [0.29, 0.717) is 5.82 Å². The van der Waals surface area contributed by atoms with Gasteiger partial charge in [-0.05, 0) is 32.9 Å². The quantitative estimate of drug-likeness (QED) is 0.812. The van der Waals surface area contributed by atoms with E-state index in [1.165, 1.54) is 13.2 Å². The molecule has 0 radical (unpaired) electrons. The minimum absolute atomic E-state index is 0.0791. The number of aliphatic carboxylic acids is 1. The maximum Gasteiger partial charge on any atom is 0.358 e. The van der Waals surface area contributed by atoms with E-state index in [1.54, 1.807) is 11.0 Å². The Morgan fingerprint density at radius 1 is 1.32 bits per heavy atom. The highest BCUT2D eigenvalue weighted by atomic mass is 16.5. The van der Waals surface area contributed by atoms with E-state index in [9.17, 15) is 9.59 Å². The third-order valence-electron chi connectivity index (χ3n) is 2.42. The minimum atomic E-state index is -0.964. The van der Waals surface area contributed by atoms with E-state index >= 15 is 0 Å². The summed E-state index contributed by atoms with van der Waals surface area (Å²) in [6.07, 6.45) is 0. The molecule has 0 aliphatic rings. The fraction of sp³-hybridized carbons (Fsp3) is 0.500. The molecule has 0 amide bonds. The van der Waals surface area contributed by atoms with E-state index in [-0.39, 0.29) is 12.2 Å². The van der Waals surface area contributed by atoms with E-state index < -0.39 is 17.5 Å². The van der Waals surface area contributed by atoms with Crippen LogP contribution in [-0.4, -0.2) is 46.4 Å². The van der Waals surface area contributed by atoms with Crippen molar-refractivity contribution >= 4 is 17.8 Å². The van der Waals surface area contributed by atoms with Crippen LogP contribution in [0.1, 0.15) is 31.3 Å². The lowest BCUT2D eigenvalue weighted by Crippen LogP contribution is -2.45. The molecule has 7 heteroatoms. The van der Waals surface area contributed by atoms with Crippen molar-refractivity contribution in [3.05, 3.63) is 17.8 Å². The Hall–Kier alpha value is -2.18. The Morgan fingerprint density at radius 2 is 1.95 bits per heavy atom. The third-order valence-corrected chi connectivity index (χ3v) is 2.42. The van der Waals surface area contributed by atoms with Gasteiger partial charge >= 0.3 is 11.9 Å². The molecule has 0 atom stereocenters. The fourth-order valence-electron chi connectivity index (χ4n) is 1.48. The zero-order valence-corrected chi connectivity index (χ0v) is 11.4. The second-order valence-corrected chi connectivity index (χ2v) is 4.92. The van der Waals surface area contributed by atoms with Gasteiger partial charge in [0.05, 0.1) is 7.11 Å². The number of nitrogens with zero attached hydrogens (tertiary/aromatic N) is 3. The van der Waals surface area contributed by atoms with Crippen LogP contribution >= 0.6 is 0 Å². The molecule has 0 bridgehead atoms. The molecule has 0 aliphatic heterocycles. The Kier molecular flexibility index (Phi) is 4.42. The number of carboxylic acids is 1. The molecule has 0 spiro atoms. The van der Waals surface area contributed by atoms with Crippen LogP contribution in [0.5, 0.6) is 0 Å². The van der Waals surface area contributed by atoms with Gasteiger partial charge in [0.1, 0.15) is 6.54 Å². The first kappa shape index (κ1) is 14.9. The number of hydrogen-bond donors (Lipinski definition) is 1. The normalized spacial score (nSPS) is 10.9. The Bertz CT molecular complexity index is 465. The van der Waals surface area contributed by atoms with Crippen LogP contribution in [0.15, 0.2) is 12.1 Å². The zero-order valence-electron chi connectivity index (χ0n) is 11.4. The summed E-state index contributed by atoms with van der Waals surface area (Å²) in [6.45, 7) is 5.40.